The van der Waals surface area contributed by atoms with Crippen molar-refractivity contribution >= 4 is 10.9 Å². The summed E-state index contributed by atoms with van der Waals surface area (Å²) in [6, 6.07) is 12.3. The second-order valence-corrected chi connectivity index (χ2v) is 4.91. The lowest BCUT2D eigenvalue weighted by atomic mass is 10.2. The van der Waals surface area contributed by atoms with E-state index in [1.165, 1.54) is 5.39 Å². The number of aliphatic hydroxyl groups excluding tert-OH is 1. The maximum absolute atomic E-state index is 9.15. The molecule has 1 unspecified atom stereocenters. The monoisotopic (exact) mass is 258 g/mol. The number of aliphatic hydroxyl groups is 1. The largest absolute Gasteiger partial charge is 0.394 e. The van der Waals surface area contributed by atoms with Crippen LogP contribution in [0, 0.1) is 0 Å². The van der Waals surface area contributed by atoms with Gasteiger partial charge in [-0.1, -0.05) is 24.3 Å². The Balaban J connectivity index is 1.74. The molecule has 0 radical (unpaired) electrons. The summed E-state index contributed by atoms with van der Waals surface area (Å²) in [5.41, 5.74) is 2.10. The number of hydrogen-bond donors (Lipinski definition) is 1. The minimum absolute atomic E-state index is 0.0609. The van der Waals surface area contributed by atoms with Crippen molar-refractivity contribution < 1.29 is 9.84 Å². The van der Waals surface area contributed by atoms with E-state index >= 15 is 0 Å². The highest BCUT2D eigenvalue weighted by Gasteiger charge is 2.19. The summed E-state index contributed by atoms with van der Waals surface area (Å²) < 4.78 is 5.45. The Hall–Kier alpha value is -1.49. The standard InChI is InChI=1S/C15H18N2O2/c18-11-14-10-17(7-8-19-14)9-13-6-5-12-3-1-2-4-15(12)16-13/h1-6,14,18H,7-11H2. The Kier molecular flexibility index (Phi) is 3.73. The number of hydrogen-bond acceptors (Lipinski definition) is 4. The highest BCUT2D eigenvalue weighted by atomic mass is 16.5. The van der Waals surface area contributed by atoms with Crippen molar-refractivity contribution in [3.63, 3.8) is 0 Å². The number of nitrogens with zero attached hydrogens (tertiary/aromatic N) is 2. The molecule has 1 fully saturated rings. The molecule has 4 nitrogen and oxygen atoms in total. The topological polar surface area (TPSA) is 45.6 Å². The average molecular weight is 258 g/mol. The summed E-state index contributed by atoms with van der Waals surface area (Å²) >= 11 is 0. The van der Waals surface area contributed by atoms with Crippen molar-refractivity contribution in [3.05, 3.63) is 42.1 Å². The van der Waals surface area contributed by atoms with Gasteiger partial charge in [0.2, 0.25) is 0 Å². The van der Waals surface area contributed by atoms with E-state index in [1.54, 1.807) is 0 Å². The van der Waals surface area contributed by atoms with E-state index < -0.39 is 0 Å². The van der Waals surface area contributed by atoms with Gasteiger partial charge in [0.05, 0.1) is 30.5 Å². The molecule has 1 aliphatic heterocycles. The average Bonchev–Trinajstić information content (AvgIpc) is 2.47. The third kappa shape index (κ3) is 2.92. The number of ether oxygens (including phenoxy) is 1. The van der Waals surface area contributed by atoms with Crippen molar-refractivity contribution in [2.45, 2.75) is 12.6 Å². The van der Waals surface area contributed by atoms with Gasteiger partial charge in [0.1, 0.15) is 0 Å². The van der Waals surface area contributed by atoms with Gasteiger partial charge in [-0.2, -0.15) is 0 Å². The van der Waals surface area contributed by atoms with Crippen LogP contribution in [0.3, 0.4) is 0 Å². The lowest BCUT2D eigenvalue weighted by Gasteiger charge is -2.31. The number of fused-ring (bicyclic) bond motifs is 1. The Morgan fingerprint density at radius 1 is 1.26 bits per heavy atom. The van der Waals surface area contributed by atoms with Crippen molar-refractivity contribution in [2.75, 3.05) is 26.3 Å². The summed E-state index contributed by atoms with van der Waals surface area (Å²) in [5, 5.41) is 10.3. The molecule has 0 spiro atoms. The molecule has 19 heavy (non-hydrogen) atoms. The molecule has 100 valence electrons. The van der Waals surface area contributed by atoms with Gasteiger partial charge in [0.15, 0.2) is 0 Å². The number of benzene rings is 1. The zero-order valence-electron chi connectivity index (χ0n) is 10.8. The van der Waals surface area contributed by atoms with E-state index in [4.69, 9.17) is 9.84 Å². The van der Waals surface area contributed by atoms with Crippen LogP contribution in [0.5, 0.6) is 0 Å². The summed E-state index contributed by atoms with van der Waals surface area (Å²) in [5.74, 6) is 0. The second-order valence-electron chi connectivity index (χ2n) is 4.91. The molecule has 1 aliphatic rings. The molecule has 1 atom stereocenters. The lowest BCUT2D eigenvalue weighted by molar-refractivity contribution is -0.0553. The first-order valence-electron chi connectivity index (χ1n) is 6.64. The molecule has 1 aromatic carbocycles. The van der Waals surface area contributed by atoms with Crippen LogP contribution in [0.25, 0.3) is 10.9 Å². The summed E-state index contributed by atoms with van der Waals surface area (Å²) in [4.78, 5) is 6.95. The predicted octanol–water partition coefficient (Wildman–Crippen LogP) is 1.43. The van der Waals surface area contributed by atoms with Crippen LogP contribution >= 0.6 is 0 Å². The molecule has 1 saturated heterocycles. The molecule has 0 aliphatic carbocycles. The van der Waals surface area contributed by atoms with Gasteiger partial charge in [-0.3, -0.25) is 9.88 Å². The Morgan fingerprint density at radius 3 is 3.05 bits per heavy atom. The van der Waals surface area contributed by atoms with Gasteiger partial charge in [-0.05, 0) is 12.1 Å². The maximum atomic E-state index is 9.15. The van der Waals surface area contributed by atoms with Crippen molar-refractivity contribution in [1.82, 2.24) is 9.88 Å². The van der Waals surface area contributed by atoms with Crippen molar-refractivity contribution in [3.8, 4) is 0 Å². The fourth-order valence-corrected chi connectivity index (χ4v) is 2.46. The number of pyridine rings is 1. The molecule has 4 heteroatoms. The van der Waals surface area contributed by atoms with Crippen molar-refractivity contribution in [1.29, 1.82) is 0 Å². The van der Waals surface area contributed by atoms with Gasteiger partial charge in [0.25, 0.3) is 0 Å². The van der Waals surface area contributed by atoms with Crippen molar-refractivity contribution in [2.24, 2.45) is 0 Å². The summed E-state index contributed by atoms with van der Waals surface area (Å²) in [6.07, 6.45) is -0.0609. The SMILES string of the molecule is OCC1CN(Cc2ccc3ccccc3n2)CCO1. The molecule has 0 saturated carbocycles. The molecule has 1 aromatic heterocycles. The minimum Gasteiger partial charge on any atom is -0.394 e. The smallest absolute Gasteiger partial charge is 0.0933 e. The number of morpholine rings is 1. The van der Waals surface area contributed by atoms with E-state index in [9.17, 15) is 0 Å². The van der Waals surface area contributed by atoms with Crippen LogP contribution in [0.2, 0.25) is 0 Å². The third-order valence-electron chi connectivity index (χ3n) is 3.47. The van der Waals surface area contributed by atoms with E-state index in [0.29, 0.717) is 6.61 Å². The predicted molar refractivity (Wildman–Crippen MR) is 73.8 cm³/mol. The van der Waals surface area contributed by atoms with Crippen LogP contribution in [0.15, 0.2) is 36.4 Å². The van der Waals surface area contributed by atoms with Gasteiger partial charge >= 0.3 is 0 Å². The van der Waals surface area contributed by atoms with Crippen LogP contribution in [-0.4, -0.2) is 47.4 Å². The van der Waals surface area contributed by atoms with Crippen LogP contribution in [0.1, 0.15) is 5.69 Å². The van der Waals surface area contributed by atoms with Crippen LogP contribution in [0.4, 0.5) is 0 Å². The van der Waals surface area contributed by atoms with Crippen LogP contribution < -0.4 is 0 Å². The van der Waals surface area contributed by atoms with E-state index in [2.05, 4.69) is 28.1 Å². The third-order valence-corrected chi connectivity index (χ3v) is 3.47. The molecule has 0 bridgehead atoms. The number of para-hydroxylation sites is 1. The summed E-state index contributed by atoms with van der Waals surface area (Å²) in [6.45, 7) is 3.24. The molecular formula is C15H18N2O2. The van der Waals surface area contributed by atoms with E-state index in [1.807, 2.05) is 18.2 Å². The minimum atomic E-state index is -0.0609. The second kappa shape index (κ2) is 5.65. The van der Waals surface area contributed by atoms with Gasteiger partial charge in [0, 0.05) is 25.0 Å². The normalized spacial score (nSPS) is 20.8. The van der Waals surface area contributed by atoms with E-state index in [-0.39, 0.29) is 12.7 Å². The summed E-state index contributed by atoms with van der Waals surface area (Å²) in [7, 11) is 0. The quantitative estimate of drug-likeness (QED) is 0.904. The molecular weight excluding hydrogens is 240 g/mol. The fraction of sp³-hybridized carbons (Fsp3) is 0.400. The Bertz CT molecular complexity index is 559. The first kappa shape index (κ1) is 12.5. The zero-order chi connectivity index (χ0) is 13.1. The highest BCUT2D eigenvalue weighted by molar-refractivity contribution is 5.78. The Labute approximate surface area is 112 Å². The molecule has 2 heterocycles. The highest BCUT2D eigenvalue weighted by Crippen LogP contribution is 2.14. The van der Waals surface area contributed by atoms with Crippen LogP contribution in [-0.2, 0) is 11.3 Å². The number of rotatable bonds is 3. The van der Waals surface area contributed by atoms with E-state index in [0.717, 1.165) is 30.8 Å². The lowest BCUT2D eigenvalue weighted by Crippen LogP contribution is -2.43. The fourth-order valence-electron chi connectivity index (χ4n) is 2.46. The first-order valence-corrected chi connectivity index (χ1v) is 6.64. The molecule has 0 amide bonds. The zero-order valence-corrected chi connectivity index (χ0v) is 10.8. The molecule has 1 N–H and O–H groups in total. The van der Waals surface area contributed by atoms with Gasteiger partial charge in [-0.25, -0.2) is 0 Å². The van der Waals surface area contributed by atoms with Gasteiger partial charge < -0.3 is 9.84 Å². The number of aromatic nitrogens is 1. The molecule has 2 aromatic rings. The first-order chi connectivity index (χ1) is 9.35. The molecule has 3 rings (SSSR count). The van der Waals surface area contributed by atoms with Gasteiger partial charge in [-0.15, -0.1) is 0 Å². The Morgan fingerprint density at radius 2 is 2.16 bits per heavy atom. The maximum Gasteiger partial charge on any atom is 0.0933 e.